The Bertz CT molecular complexity index is 458. The Morgan fingerprint density at radius 1 is 1.39 bits per heavy atom. The van der Waals surface area contributed by atoms with Crippen molar-refractivity contribution in [1.82, 2.24) is 5.32 Å². The van der Waals surface area contributed by atoms with Crippen LogP contribution in [0.25, 0.3) is 0 Å². The average molecular weight is 245 g/mol. The number of hydrogen-bond donors (Lipinski definition) is 1. The largest absolute Gasteiger partial charge is 0.497 e. The van der Waals surface area contributed by atoms with Gasteiger partial charge < -0.3 is 10.1 Å². The minimum Gasteiger partial charge on any atom is -0.497 e. The van der Waals surface area contributed by atoms with E-state index < -0.39 is 0 Å². The number of amides is 1. The topological polar surface area (TPSA) is 38.3 Å². The van der Waals surface area contributed by atoms with Gasteiger partial charge in [-0.25, -0.2) is 0 Å². The molecule has 2 aliphatic rings. The summed E-state index contributed by atoms with van der Waals surface area (Å²) in [6, 6.07) is 7.73. The van der Waals surface area contributed by atoms with Gasteiger partial charge in [-0.1, -0.05) is 18.9 Å². The number of fused-ring (bicyclic) bond motifs is 1. The van der Waals surface area contributed by atoms with Gasteiger partial charge in [0.2, 0.25) is 0 Å². The second-order valence-electron chi connectivity index (χ2n) is 5.40. The van der Waals surface area contributed by atoms with Gasteiger partial charge in [0.25, 0.3) is 5.91 Å². The van der Waals surface area contributed by atoms with Crippen LogP contribution in [0.5, 0.6) is 5.75 Å². The third-order valence-electron chi connectivity index (χ3n) is 4.23. The normalized spacial score (nSPS) is 29.3. The number of ether oxygens (including phenoxy) is 1. The van der Waals surface area contributed by atoms with Crippen LogP contribution in [-0.4, -0.2) is 19.1 Å². The van der Waals surface area contributed by atoms with Crippen LogP contribution in [0.15, 0.2) is 24.3 Å². The highest BCUT2D eigenvalue weighted by molar-refractivity contribution is 5.94. The fourth-order valence-corrected chi connectivity index (χ4v) is 3.11. The first-order valence-electron chi connectivity index (χ1n) is 6.73. The lowest BCUT2D eigenvalue weighted by Crippen LogP contribution is -2.38. The number of carbonyl (C=O) groups excluding carboxylic acids is 1. The van der Waals surface area contributed by atoms with Gasteiger partial charge in [-0.05, 0) is 42.9 Å². The third kappa shape index (κ3) is 2.22. The van der Waals surface area contributed by atoms with Crippen molar-refractivity contribution in [3.05, 3.63) is 29.8 Å². The standard InChI is InChI=1S/C15H19NO2/c1-18-12-6-2-5-11(8-12)15(17)16-14-7-3-4-10-9-13(10)14/h2,5-6,8,10,13-14H,3-4,7,9H2,1H3,(H,16,17)/t10-,13+,14-/m1/s1. The molecule has 1 N–H and O–H groups in total. The minimum absolute atomic E-state index is 0.0338. The van der Waals surface area contributed by atoms with E-state index in [0.29, 0.717) is 11.6 Å². The lowest BCUT2D eigenvalue weighted by molar-refractivity contribution is 0.0923. The first-order chi connectivity index (χ1) is 8.78. The Labute approximate surface area is 108 Å². The summed E-state index contributed by atoms with van der Waals surface area (Å²) < 4.78 is 5.14. The molecule has 0 heterocycles. The Hall–Kier alpha value is -1.51. The molecule has 3 nitrogen and oxygen atoms in total. The molecule has 0 unspecified atom stereocenters. The zero-order chi connectivity index (χ0) is 12.5. The van der Waals surface area contributed by atoms with Gasteiger partial charge in [0, 0.05) is 11.6 Å². The molecule has 2 saturated carbocycles. The van der Waals surface area contributed by atoms with E-state index >= 15 is 0 Å². The van der Waals surface area contributed by atoms with Crippen molar-refractivity contribution in [2.24, 2.45) is 11.8 Å². The number of methoxy groups -OCH3 is 1. The zero-order valence-corrected chi connectivity index (χ0v) is 10.7. The molecular formula is C15H19NO2. The summed E-state index contributed by atoms with van der Waals surface area (Å²) in [4.78, 5) is 12.2. The molecule has 18 heavy (non-hydrogen) atoms. The highest BCUT2D eigenvalue weighted by Crippen LogP contribution is 2.49. The molecule has 3 heteroatoms. The Kier molecular flexibility index (Phi) is 2.98. The molecule has 0 radical (unpaired) electrons. The predicted molar refractivity (Wildman–Crippen MR) is 69.7 cm³/mol. The number of nitrogens with one attached hydrogen (secondary N) is 1. The van der Waals surface area contributed by atoms with Gasteiger partial charge in [-0.2, -0.15) is 0 Å². The van der Waals surface area contributed by atoms with Crippen LogP contribution in [0.1, 0.15) is 36.0 Å². The molecule has 1 aromatic carbocycles. The first-order valence-corrected chi connectivity index (χ1v) is 6.73. The molecule has 1 amide bonds. The van der Waals surface area contributed by atoms with Crippen molar-refractivity contribution < 1.29 is 9.53 Å². The Balaban J connectivity index is 1.66. The molecule has 0 aliphatic heterocycles. The summed E-state index contributed by atoms with van der Waals surface area (Å²) in [6.07, 6.45) is 5.06. The van der Waals surface area contributed by atoms with E-state index in [1.807, 2.05) is 18.2 Å². The van der Waals surface area contributed by atoms with Gasteiger partial charge in [0.15, 0.2) is 0 Å². The Morgan fingerprint density at radius 2 is 2.28 bits per heavy atom. The summed E-state index contributed by atoms with van der Waals surface area (Å²) in [5.74, 6) is 2.39. The first kappa shape index (κ1) is 11.6. The average Bonchev–Trinajstić information content (AvgIpc) is 3.19. The van der Waals surface area contributed by atoms with E-state index in [4.69, 9.17) is 4.74 Å². The number of hydrogen-bond acceptors (Lipinski definition) is 2. The molecule has 0 spiro atoms. The second-order valence-corrected chi connectivity index (χ2v) is 5.40. The third-order valence-corrected chi connectivity index (χ3v) is 4.23. The van der Waals surface area contributed by atoms with Gasteiger partial charge in [-0.15, -0.1) is 0 Å². The van der Waals surface area contributed by atoms with Crippen LogP contribution in [0.4, 0.5) is 0 Å². The number of carbonyl (C=O) groups is 1. The van der Waals surface area contributed by atoms with Crippen LogP contribution in [0.3, 0.4) is 0 Å². The maximum absolute atomic E-state index is 12.2. The lowest BCUT2D eigenvalue weighted by Gasteiger charge is -2.22. The zero-order valence-electron chi connectivity index (χ0n) is 10.7. The summed E-state index contributed by atoms with van der Waals surface area (Å²) in [7, 11) is 1.62. The van der Waals surface area contributed by atoms with Crippen molar-refractivity contribution in [3.8, 4) is 5.75 Å². The fourth-order valence-electron chi connectivity index (χ4n) is 3.11. The minimum atomic E-state index is 0.0338. The summed E-state index contributed by atoms with van der Waals surface area (Å²) >= 11 is 0. The number of rotatable bonds is 3. The fraction of sp³-hybridized carbons (Fsp3) is 0.533. The summed E-state index contributed by atoms with van der Waals surface area (Å²) in [5.41, 5.74) is 0.692. The van der Waals surface area contributed by atoms with Gasteiger partial charge in [0.1, 0.15) is 5.75 Å². The Morgan fingerprint density at radius 3 is 3.11 bits per heavy atom. The van der Waals surface area contributed by atoms with E-state index in [1.165, 1.54) is 19.3 Å². The van der Waals surface area contributed by atoms with E-state index in [1.54, 1.807) is 13.2 Å². The monoisotopic (exact) mass is 245 g/mol. The molecule has 2 aliphatic carbocycles. The summed E-state index contributed by atoms with van der Waals surface area (Å²) in [6.45, 7) is 0. The van der Waals surface area contributed by atoms with Gasteiger partial charge in [-0.3, -0.25) is 4.79 Å². The maximum Gasteiger partial charge on any atom is 0.251 e. The van der Waals surface area contributed by atoms with Crippen LogP contribution in [0.2, 0.25) is 0 Å². The van der Waals surface area contributed by atoms with Gasteiger partial charge >= 0.3 is 0 Å². The molecule has 1 aromatic rings. The van der Waals surface area contributed by atoms with Crippen molar-refractivity contribution >= 4 is 5.91 Å². The maximum atomic E-state index is 12.2. The molecule has 0 bridgehead atoms. The highest BCUT2D eigenvalue weighted by Gasteiger charge is 2.45. The van der Waals surface area contributed by atoms with Crippen LogP contribution < -0.4 is 10.1 Å². The van der Waals surface area contributed by atoms with Crippen LogP contribution in [-0.2, 0) is 0 Å². The van der Waals surface area contributed by atoms with E-state index in [-0.39, 0.29) is 5.91 Å². The van der Waals surface area contributed by atoms with Crippen LogP contribution in [0, 0.1) is 11.8 Å². The number of benzene rings is 1. The molecular weight excluding hydrogens is 226 g/mol. The van der Waals surface area contributed by atoms with Crippen molar-refractivity contribution in [2.75, 3.05) is 7.11 Å². The van der Waals surface area contributed by atoms with Gasteiger partial charge in [0.05, 0.1) is 7.11 Å². The molecule has 3 atom stereocenters. The predicted octanol–water partition coefficient (Wildman–Crippen LogP) is 2.61. The van der Waals surface area contributed by atoms with Crippen molar-refractivity contribution in [3.63, 3.8) is 0 Å². The lowest BCUT2D eigenvalue weighted by atomic mass is 9.95. The van der Waals surface area contributed by atoms with Crippen LogP contribution >= 0.6 is 0 Å². The molecule has 96 valence electrons. The summed E-state index contributed by atoms with van der Waals surface area (Å²) in [5, 5.41) is 3.18. The smallest absolute Gasteiger partial charge is 0.251 e. The highest BCUT2D eigenvalue weighted by atomic mass is 16.5. The quantitative estimate of drug-likeness (QED) is 0.889. The SMILES string of the molecule is COc1cccc(C(=O)N[C@@H]2CCC[C@@H]3C[C@@H]32)c1. The van der Waals surface area contributed by atoms with Crippen molar-refractivity contribution in [1.29, 1.82) is 0 Å². The molecule has 0 aromatic heterocycles. The van der Waals surface area contributed by atoms with E-state index in [2.05, 4.69) is 5.32 Å². The van der Waals surface area contributed by atoms with E-state index in [0.717, 1.165) is 24.0 Å². The molecule has 3 rings (SSSR count). The van der Waals surface area contributed by atoms with E-state index in [9.17, 15) is 4.79 Å². The van der Waals surface area contributed by atoms with Crippen molar-refractivity contribution in [2.45, 2.75) is 31.7 Å². The molecule has 0 saturated heterocycles. The second kappa shape index (κ2) is 4.63. The molecule has 2 fully saturated rings.